The summed E-state index contributed by atoms with van der Waals surface area (Å²) in [5.41, 5.74) is 2.26. The molecular formula is C23H38N4O4. The summed E-state index contributed by atoms with van der Waals surface area (Å²) in [5.74, 6) is 0.622. The smallest absolute Gasteiger partial charge is 0.241 e. The molecule has 174 valence electrons. The molecule has 2 N–H and O–H groups in total. The lowest BCUT2D eigenvalue weighted by Gasteiger charge is -2.22. The maximum absolute atomic E-state index is 11.9. The monoisotopic (exact) mass is 434 g/mol. The molecule has 1 aliphatic heterocycles. The highest BCUT2D eigenvalue weighted by Crippen LogP contribution is 2.14. The van der Waals surface area contributed by atoms with Crippen molar-refractivity contribution in [3.8, 4) is 0 Å². The van der Waals surface area contributed by atoms with E-state index in [4.69, 9.17) is 14.2 Å². The fraction of sp³-hybridized carbons (Fsp3) is 0.652. The number of amides is 1. The second-order valence-electron chi connectivity index (χ2n) is 7.72. The van der Waals surface area contributed by atoms with Gasteiger partial charge in [-0.15, -0.1) is 0 Å². The summed E-state index contributed by atoms with van der Waals surface area (Å²) in [6.07, 6.45) is 3.11. The zero-order chi connectivity index (χ0) is 22.3. The van der Waals surface area contributed by atoms with Gasteiger partial charge in [-0.1, -0.05) is 24.3 Å². The van der Waals surface area contributed by atoms with Gasteiger partial charge in [0, 0.05) is 47.1 Å². The van der Waals surface area contributed by atoms with Crippen molar-refractivity contribution in [3.05, 3.63) is 35.4 Å². The minimum atomic E-state index is -0.00213. The Kier molecular flexibility index (Phi) is 12.0. The molecule has 0 unspecified atom stereocenters. The van der Waals surface area contributed by atoms with Crippen molar-refractivity contribution < 1.29 is 19.0 Å². The Labute approximate surface area is 186 Å². The third-order valence-electron chi connectivity index (χ3n) is 4.96. The summed E-state index contributed by atoms with van der Waals surface area (Å²) in [4.78, 5) is 18.1. The Morgan fingerprint density at radius 3 is 2.55 bits per heavy atom. The van der Waals surface area contributed by atoms with Gasteiger partial charge in [0.15, 0.2) is 5.96 Å². The van der Waals surface area contributed by atoms with Crippen LogP contribution in [0, 0.1) is 0 Å². The fourth-order valence-corrected chi connectivity index (χ4v) is 2.99. The van der Waals surface area contributed by atoms with Gasteiger partial charge in [0.1, 0.15) is 0 Å². The Bertz CT molecular complexity index is 658. The Hall–Kier alpha value is -2.16. The quantitative estimate of drug-likeness (QED) is 0.297. The number of nitrogens with one attached hydrogen (secondary N) is 2. The molecule has 0 radical (unpaired) electrons. The Balaban J connectivity index is 1.83. The first kappa shape index (κ1) is 25.1. The van der Waals surface area contributed by atoms with Crippen molar-refractivity contribution in [2.75, 3.05) is 53.6 Å². The van der Waals surface area contributed by atoms with Crippen LogP contribution in [0.15, 0.2) is 29.3 Å². The number of benzene rings is 1. The molecule has 0 spiro atoms. The molecule has 1 saturated heterocycles. The maximum atomic E-state index is 11.9. The standard InChI is InChI=1S/C23H38N4O4/c1-4-29-13-5-12-24-23(26-17-22(28)27(2)3)25-16-19-6-8-20(9-7-19)18-31-21-10-14-30-15-11-21/h6-9,21H,4-5,10-18H2,1-3H3,(H2,24,25,26). The van der Waals surface area contributed by atoms with Crippen LogP contribution in [0.5, 0.6) is 0 Å². The minimum Gasteiger partial charge on any atom is -0.382 e. The van der Waals surface area contributed by atoms with E-state index in [9.17, 15) is 4.79 Å². The van der Waals surface area contributed by atoms with Crippen LogP contribution < -0.4 is 10.6 Å². The predicted octanol–water partition coefficient (Wildman–Crippen LogP) is 1.93. The number of nitrogens with zero attached hydrogens (tertiary/aromatic N) is 2. The number of likely N-dealkylation sites (N-methyl/N-ethyl adjacent to an activating group) is 1. The van der Waals surface area contributed by atoms with E-state index in [1.807, 2.05) is 6.92 Å². The van der Waals surface area contributed by atoms with Crippen LogP contribution >= 0.6 is 0 Å². The van der Waals surface area contributed by atoms with Crippen LogP contribution in [0.4, 0.5) is 0 Å². The largest absolute Gasteiger partial charge is 0.382 e. The summed E-state index contributed by atoms with van der Waals surface area (Å²) >= 11 is 0. The summed E-state index contributed by atoms with van der Waals surface area (Å²) < 4.78 is 16.7. The lowest BCUT2D eigenvalue weighted by atomic mass is 10.1. The van der Waals surface area contributed by atoms with Crippen molar-refractivity contribution in [2.45, 2.75) is 45.4 Å². The van der Waals surface area contributed by atoms with E-state index in [1.54, 1.807) is 19.0 Å². The fourth-order valence-electron chi connectivity index (χ4n) is 2.99. The van der Waals surface area contributed by atoms with Gasteiger partial charge in [0.25, 0.3) is 0 Å². The molecule has 31 heavy (non-hydrogen) atoms. The second kappa shape index (κ2) is 14.8. The van der Waals surface area contributed by atoms with Gasteiger partial charge < -0.3 is 29.7 Å². The number of guanidine groups is 1. The van der Waals surface area contributed by atoms with Gasteiger partial charge in [-0.3, -0.25) is 4.79 Å². The molecule has 1 aromatic rings. The average Bonchev–Trinajstić information content (AvgIpc) is 2.79. The number of aliphatic imine (C=N–C) groups is 1. The molecule has 1 aliphatic rings. The highest BCUT2D eigenvalue weighted by molar-refractivity contribution is 5.86. The molecule has 0 bridgehead atoms. The highest BCUT2D eigenvalue weighted by atomic mass is 16.5. The van der Waals surface area contributed by atoms with Gasteiger partial charge in [-0.05, 0) is 37.3 Å². The van der Waals surface area contributed by atoms with E-state index in [0.717, 1.165) is 50.1 Å². The summed E-state index contributed by atoms with van der Waals surface area (Å²) in [6.45, 7) is 7.05. The van der Waals surface area contributed by atoms with E-state index in [2.05, 4.69) is 39.9 Å². The predicted molar refractivity (Wildman–Crippen MR) is 122 cm³/mol. The van der Waals surface area contributed by atoms with Gasteiger partial charge in [-0.2, -0.15) is 0 Å². The second-order valence-corrected chi connectivity index (χ2v) is 7.72. The van der Waals surface area contributed by atoms with Crippen molar-refractivity contribution in [3.63, 3.8) is 0 Å². The number of carbonyl (C=O) groups excluding carboxylic acids is 1. The molecule has 0 atom stereocenters. The topological polar surface area (TPSA) is 84.4 Å². The molecule has 2 rings (SSSR count). The van der Waals surface area contributed by atoms with Gasteiger partial charge in [-0.25, -0.2) is 4.99 Å². The van der Waals surface area contributed by atoms with Gasteiger partial charge >= 0.3 is 0 Å². The molecule has 1 amide bonds. The van der Waals surface area contributed by atoms with Crippen molar-refractivity contribution in [1.29, 1.82) is 0 Å². The summed E-state index contributed by atoms with van der Waals surface area (Å²) in [6, 6.07) is 8.32. The lowest BCUT2D eigenvalue weighted by molar-refractivity contribution is -0.127. The lowest BCUT2D eigenvalue weighted by Crippen LogP contribution is -2.43. The zero-order valence-corrected chi connectivity index (χ0v) is 19.2. The summed E-state index contributed by atoms with van der Waals surface area (Å²) in [7, 11) is 3.48. The van der Waals surface area contributed by atoms with Crippen LogP contribution in [-0.4, -0.2) is 76.5 Å². The van der Waals surface area contributed by atoms with E-state index >= 15 is 0 Å². The molecule has 0 aromatic heterocycles. The van der Waals surface area contributed by atoms with Crippen LogP contribution in [0.1, 0.15) is 37.3 Å². The first-order valence-electron chi connectivity index (χ1n) is 11.2. The number of ether oxygens (including phenoxy) is 3. The van der Waals surface area contributed by atoms with Crippen LogP contribution in [-0.2, 0) is 32.2 Å². The highest BCUT2D eigenvalue weighted by Gasteiger charge is 2.14. The van der Waals surface area contributed by atoms with Gasteiger partial charge in [0.2, 0.25) is 5.91 Å². The third kappa shape index (κ3) is 10.6. The number of carbonyl (C=O) groups is 1. The Morgan fingerprint density at radius 1 is 1.16 bits per heavy atom. The first-order valence-corrected chi connectivity index (χ1v) is 11.2. The van der Waals surface area contributed by atoms with E-state index in [0.29, 0.717) is 38.4 Å². The number of hydrogen-bond donors (Lipinski definition) is 2. The number of hydrogen-bond acceptors (Lipinski definition) is 5. The van der Waals surface area contributed by atoms with E-state index < -0.39 is 0 Å². The third-order valence-corrected chi connectivity index (χ3v) is 4.96. The SMILES string of the molecule is CCOCCCNC(=NCc1ccc(COC2CCOCC2)cc1)NCC(=O)N(C)C. The van der Waals surface area contributed by atoms with Crippen LogP contribution in [0.2, 0.25) is 0 Å². The maximum Gasteiger partial charge on any atom is 0.241 e. The van der Waals surface area contributed by atoms with Crippen molar-refractivity contribution in [1.82, 2.24) is 15.5 Å². The van der Waals surface area contributed by atoms with E-state index in [1.165, 1.54) is 0 Å². The van der Waals surface area contributed by atoms with Crippen LogP contribution in [0.3, 0.4) is 0 Å². The van der Waals surface area contributed by atoms with Crippen LogP contribution in [0.25, 0.3) is 0 Å². The minimum absolute atomic E-state index is 0.00213. The zero-order valence-electron chi connectivity index (χ0n) is 19.2. The molecule has 1 heterocycles. The summed E-state index contributed by atoms with van der Waals surface area (Å²) in [5, 5.41) is 6.38. The molecular weight excluding hydrogens is 396 g/mol. The molecule has 1 aromatic carbocycles. The van der Waals surface area contributed by atoms with Crippen molar-refractivity contribution >= 4 is 11.9 Å². The molecule has 0 saturated carbocycles. The molecule has 8 nitrogen and oxygen atoms in total. The molecule has 0 aliphatic carbocycles. The molecule has 8 heteroatoms. The Morgan fingerprint density at radius 2 is 1.87 bits per heavy atom. The number of rotatable bonds is 12. The van der Waals surface area contributed by atoms with Gasteiger partial charge in [0.05, 0.1) is 25.8 Å². The normalized spacial score (nSPS) is 15.0. The molecule has 1 fully saturated rings. The first-order chi connectivity index (χ1) is 15.1. The average molecular weight is 435 g/mol. The van der Waals surface area contributed by atoms with Crippen molar-refractivity contribution in [2.24, 2.45) is 4.99 Å². The van der Waals surface area contributed by atoms with E-state index in [-0.39, 0.29) is 12.5 Å².